The maximum atomic E-state index is 12.2. The summed E-state index contributed by atoms with van der Waals surface area (Å²) in [6.45, 7) is 0. The predicted octanol–water partition coefficient (Wildman–Crippen LogP) is 3.15. The van der Waals surface area contributed by atoms with Crippen molar-refractivity contribution in [2.24, 2.45) is 5.92 Å². The molecule has 0 saturated heterocycles. The lowest BCUT2D eigenvalue weighted by Gasteiger charge is -2.24. The highest BCUT2D eigenvalue weighted by molar-refractivity contribution is 5.95. The Kier molecular flexibility index (Phi) is 3.25. The molecule has 1 fully saturated rings. The number of aromatic amines is 1. The minimum atomic E-state index is 0.0321. The standard InChI is InChI=1S/C18H20N2O2/c21-17(11-4-3-5-11)19-12-8-9-14-13-6-1-2-7-15(13)18(22)20-16(14)10-12/h8-11H,1-7H2,(H,19,21)(H,20,22). The molecular formula is C18H20N2O2. The first-order valence-electron chi connectivity index (χ1n) is 8.21. The van der Waals surface area contributed by atoms with Crippen LogP contribution in [0.1, 0.15) is 43.2 Å². The monoisotopic (exact) mass is 296 g/mol. The Bertz CT molecular complexity index is 803. The van der Waals surface area contributed by atoms with Gasteiger partial charge in [-0.05, 0) is 56.2 Å². The SMILES string of the molecule is O=C(Nc1ccc2c3c(c(=O)[nH]c2c1)CCCC3)C1CCC1. The number of H-pyrrole nitrogens is 1. The van der Waals surface area contributed by atoms with Gasteiger partial charge in [0.05, 0.1) is 5.52 Å². The molecular weight excluding hydrogens is 276 g/mol. The topological polar surface area (TPSA) is 62.0 Å². The number of amides is 1. The van der Waals surface area contributed by atoms with Gasteiger partial charge in [-0.1, -0.05) is 12.5 Å². The lowest BCUT2D eigenvalue weighted by molar-refractivity contribution is -0.122. The van der Waals surface area contributed by atoms with Gasteiger partial charge in [-0.2, -0.15) is 0 Å². The minimum absolute atomic E-state index is 0.0321. The number of hydrogen-bond donors (Lipinski definition) is 2. The van der Waals surface area contributed by atoms with Gasteiger partial charge in [-0.3, -0.25) is 9.59 Å². The fourth-order valence-corrected chi connectivity index (χ4v) is 3.55. The van der Waals surface area contributed by atoms with E-state index in [0.717, 1.165) is 67.1 Å². The van der Waals surface area contributed by atoms with E-state index in [2.05, 4.69) is 10.3 Å². The molecule has 1 heterocycles. The molecule has 2 aliphatic carbocycles. The van der Waals surface area contributed by atoms with Crippen molar-refractivity contribution in [3.8, 4) is 0 Å². The van der Waals surface area contributed by atoms with E-state index in [-0.39, 0.29) is 17.4 Å². The van der Waals surface area contributed by atoms with Gasteiger partial charge in [0.25, 0.3) is 5.56 Å². The number of carbonyl (C=O) groups excluding carboxylic acids is 1. The van der Waals surface area contributed by atoms with Crippen molar-refractivity contribution in [1.29, 1.82) is 0 Å². The largest absolute Gasteiger partial charge is 0.326 e. The van der Waals surface area contributed by atoms with Crippen LogP contribution in [0.15, 0.2) is 23.0 Å². The van der Waals surface area contributed by atoms with Gasteiger partial charge in [0, 0.05) is 22.6 Å². The molecule has 22 heavy (non-hydrogen) atoms. The summed E-state index contributed by atoms with van der Waals surface area (Å²) >= 11 is 0. The summed E-state index contributed by atoms with van der Waals surface area (Å²) in [5.41, 5.74) is 3.78. The molecule has 2 aliphatic rings. The molecule has 0 bridgehead atoms. The Balaban J connectivity index is 1.71. The number of anilines is 1. The molecule has 1 saturated carbocycles. The summed E-state index contributed by atoms with van der Waals surface area (Å²) in [5, 5.41) is 4.10. The number of aromatic nitrogens is 1. The second-order valence-corrected chi connectivity index (χ2v) is 6.50. The molecule has 4 rings (SSSR count). The Hall–Kier alpha value is -2.10. The van der Waals surface area contributed by atoms with Crippen molar-refractivity contribution >= 4 is 22.5 Å². The van der Waals surface area contributed by atoms with Crippen LogP contribution in [-0.4, -0.2) is 10.9 Å². The van der Waals surface area contributed by atoms with Crippen molar-refractivity contribution < 1.29 is 4.79 Å². The van der Waals surface area contributed by atoms with Gasteiger partial charge in [0.15, 0.2) is 0 Å². The van der Waals surface area contributed by atoms with Crippen molar-refractivity contribution in [2.75, 3.05) is 5.32 Å². The fourth-order valence-electron chi connectivity index (χ4n) is 3.55. The number of rotatable bonds is 2. The number of aryl methyl sites for hydroxylation is 1. The van der Waals surface area contributed by atoms with Gasteiger partial charge in [-0.25, -0.2) is 0 Å². The lowest BCUT2D eigenvalue weighted by atomic mass is 9.85. The lowest BCUT2D eigenvalue weighted by Crippen LogP contribution is -2.28. The van der Waals surface area contributed by atoms with Crippen LogP contribution in [0.5, 0.6) is 0 Å². The highest BCUT2D eigenvalue weighted by Gasteiger charge is 2.25. The summed E-state index contributed by atoms with van der Waals surface area (Å²) in [6.07, 6.45) is 7.22. The summed E-state index contributed by atoms with van der Waals surface area (Å²) in [4.78, 5) is 27.3. The number of hydrogen-bond acceptors (Lipinski definition) is 2. The first kappa shape index (κ1) is 13.6. The van der Waals surface area contributed by atoms with E-state index in [1.807, 2.05) is 18.2 Å². The van der Waals surface area contributed by atoms with E-state index in [0.29, 0.717) is 0 Å². The number of carbonyl (C=O) groups is 1. The van der Waals surface area contributed by atoms with Crippen LogP contribution < -0.4 is 10.9 Å². The van der Waals surface area contributed by atoms with Crippen LogP contribution in [0.4, 0.5) is 5.69 Å². The molecule has 2 aromatic rings. The smallest absolute Gasteiger partial charge is 0.251 e. The zero-order chi connectivity index (χ0) is 15.1. The Labute approximate surface area is 128 Å². The average molecular weight is 296 g/mol. The van der Waals surface area contributed by atoms with Crippen LogP contribution in [0, 0.1) is 5.92 Å². The first-order chi connectivity index (χ1) is 10.7. The highest BCUT2D eigenvalue weighted by atomic mass is 16.2. The molecule has 0 atom stereocenters. The van der Waals surface area contributed by atoms with Crippen LogP contribution in [-0.2, 0) is 17.6 Å². The third-order valence-corrected chi connectivity index (χ3v) is 5.08. The molecule has 4 heteroatoms. The Morgan fingerprint density at radius 2 is 1.86 bits per heavy atom. The minimum Gasteiger partial charge on any atom is -0.326 e. The summed E-state index contributed by atoms with van der Waals surface area (Å²) in [6, 6.07) is 5.88. The van der Waals surface area contributed by atoms with Gasteiger partial charge < -0.3 is 10.3 Å². The quantitative estimate of drug-likeness (QED) is 0.894. The third-order valence-electron chi connectivity index (χ3n) is 5.08. The van der Waals surface area contributed by atoms with E-state index in [1.54, 1.807) is 0 Å². The van der Waals surface area contributed by atoms with Gasteiger partial charge in [0.1, 0.15) is 0 Å². The van der Waals surface area contributed by atoms with E-state index in [4.69, 9.17) is 0 Å². The van der Waals surface area contributed by atoms with Gasteiger partial charge >= 0.3 is 0 Å². The van der Waals surface area contributed by atoms with E-state index in [9.17, 15) is 9.59 Å². The van der Waals surface area contributed by atoms with E-state index < -0.39 is 0 Å². The fraction of sp³-hybridized carbons (Fsp3) is 0.444. The summed E-state index contributed by atoms with van der Waals surface area (Å²) < 4.78 is 0. The molecule has 0 unspecified atom stereocenters. The molecule has 1 aromatic heterocycles. The van der Waals surface area contributed by atoms with Crippen LogP contribution in [0.3, 0.4) is 0 Å². The normalized spacial score (nSPS) is 17.8. The van der Waals surface area contributed by atoms with Crippen molar-refractivity contribution in [2.45, 2.75) is 44.9 Å². The van der Waals surface area contributed by atoms with Gasteiger partial charge in [-0.15, -0.1) is 0 Å². The van der Waals surface area contributed by atoms with Crippen molar-refractivity contribution in [3.05, 3.63) is 39.7 Å². The molecule has 2 N–H and O–H groups in total. The van der Waals surface area contributed by atoms with E-state index in [1.165, 1.54) is 5.56 Å². The number of pyridine rings is 1. The molecule has 4 nitrogen and oxygen atoms in total. The first-order valence-corrected chi connectivity index (χ1v) is 8.21. The van der Waals surface area contributed by atoms with Crippen molar-refractivity contribution in [3.63, 3.8) is 0 Å². The number of nitrogens with one attached hydrogen (secondary N) is 2. The predicted molar refractivity (Wildman–Crippen MR) is 87.2 cm³/mol. The molecule has 0 radical (unpaired) electrons. The van der Waals surface area contributed by atoms with Crippen LogP contribution in [0.25, 0.3) is 10.9 Å². The van der Waals surface area contributed by atoms with Crippen LogP contribution in [0.2, 0.25) is 0 Å². The number of fused-ring (bicyclic) bond motifs is 3. The van der Waals surface area contributed by atoms with Crippen LogP contribution >= 0.6 is 0 Å². The molecule has 0 spiro atoms. The number of benzene rings is 1. The van der Waals surface area contributed by atoms with Crippen molar-refractivity contribution in [1.82, 2.24) is 4.98 Å². The maximum Gasteiger partial charge on any atom is 0.251 e. The third kappa shape index (κ3) is 2.23. The molecule has 1 amide bonds. The summed E-state index contributed by atoms with van der Waals surface area (Å²) in [7, 11) is 0. The average Bonchev–Trinajstić information content (AvgIpc) is 2.45. The molecule has 1 aromatic carbocycles. The Morgan fingerprint density at radius 1 is 1.09 bits per heavy atom. The second kappa shape index (κ2) is 5.27. The van der Waals surface area contributed by atoms with Gasteiger partial charge in [0.2, 0.25) is 5.91 Å². The molecule has 114 valence electrons. The van der Waals surface area contributed by atoms with E-state index >= 15 is 0 Å². The second-order valence-electron chi connectivity index (χ2n) is 6.50. The highest BCUT2D eigenvalue weighted by Crippen LogP contribution is 2.29. The zero-order valence-corrected chi connectivity index (χ0v) is 12.6. The summed E-state index contributed by atoms with van der Waals surface area (Å²) in [5.74, 6) is 0.268. The zero-order valence-electron chi connectivity index (χ0n) is 12.6. The maximum absolute atomic E-state index is 12.2. The molecule has 0 aliphatic heterocycles. The Morgan fingerprint density at radius 3 is 2.59 bits per heavy atom.